The summed E-state index contributed by atoms with van der Waals surface area (Å²) in [5.41, 5.74) is 2.31. The molecule has 216 valence electrons. The minimum absolute atomic E-state index is 0.107. The number of carbonyl (C=O) groups is 1. The van der Waals surface area contributed by atoms with Crippen LogP contribution in [0, 0.1) is 11.8 Å². The highest BCUT2D eigenvalue weighted by Crippen LogP contribution is 2.28. The van der Waals surface area contributed by atoms with E-state index in [0.717, 1.165) is 56.3 Å². The molecule has 0 spiro atoms. The number of benzene rings is 2. The summed E-state index contributed by atoms with van der Waals surface area (Å²) in [5.74, 6) is 6.19. The Hall–Kier alpha value is -3.11. The molecular weight excluding hydrogens is 504 g/mol. The van der Waals surface area contributed by atoms with Crippen molar-refractivity contribution in [3.05, 3.63) is 77.9 Å². The summed E-state index contributed by atoms with van der Waals surface area (Å²) < 4.78 is 23.2. The number of unbranched alkanes of at least 4 members (excludes halogenated alkanes) is 2. The summed E-state index contributed by atoms with van der Waals surface area (Å²) in [7, 11) is 0. The molecule has 0 aromatic heterocycles. The zero-order chi connectivity index (χ0) is 28.4. The van der Waals surface area contributed by atoms with Gasteiger partial charge in [0.15, 0.2) is 12.9 Å². The van der Waals surface area contributed by atoms with Gasteiger partial charge in [-0.25, -0.2) is 4.79 Å². The molecular formula is C34H44O6. The molecule has 40 heavy (non-hydrogen) atoms. The quantitative estimate of drug-likeness (QED) is 0.107. The lowest BCUT2D eigenvalue weighted by atomic mass is 9.98. The summed E-state index contributed by atoms with van der Waals surface area (Å²) >= 11 is 0. The molecule has 0 saturated carbocycles. The molecule has 2 aromatic rings. The van der Waals surface area contributed by atoms with E-state index >= 15 is 0 Å². The molecule has 2 aromatic carbocycles. The number of hydrogen-bond donors (Lipinski definition) is 1. The predicted octanol–water partition coefficient (Wildman–Crippen LogP) is 6.85. The molecule has 6 nitrogen and oxygen atoms in total. The van der Waals surface area contributed by atoms with Crippen molar-refractivity contribution < 1.29 is 28.8 Å². The fourth-order valence-electron chi connectivity index (χ4n) is 4.67. The first-order valence-electron chi connectivity index (χ1n) is 14.6. The van der Waals surface area contributed by atoms with Gasteiger partial charge in [0.05, 0.1) is 6.10 Å². The maximum absolute atomic E-state index is 12.3. The summed E-state index contributed by atoms with van der Waals surface area (Å²) in [6, 6.07) is 14.9. The van der Waals surface area contributed by atoms with Crippen LogP contribution in [-0.4, -0.2) is 36.7 Å². The summed E-state index contributed by atoms with van der Waals surface area (Å²) in [4.78, 5) is 12.3. The van der Waals surface area contributed by atoms with Crippen LogP contribution in [0.1, 0.15) is 87.5 Å². The molecule has 1 saturated heterocycles. The topological polar surface area (TPSA) is 74.2 Å². The Bertz CT molecular complexity index is 1080. The number of esters is 1. The highest BCUT2D eigenvalue weighted by molar-refractivity contribution is 5.71. The number of allylic oxidation sites excluding steroid dienone is 1. The van der Waals surface area contributed by atoms with Gasteiger partial charge < -0.3 is 24.1 Å². The van der Waals surface area contributed by atoms with Gasteiger partial charge >= 0.3 is 5.97 Å². The van der Waals surface area contributed by atoms with Gasteiger partial charge in [-0.15, -0.1) is 12.5 Å². The number of ether oxygens (including phenoxy) is 4. The molecule has 1 heterocycles. The van der Waals surface area contributed by atoms with Crippen LogP contribution in [0.2, 0.25) is 0 Å². The van der Waals surface area contributed by atoms with Crippen molar-refractivity contribution in [3.8, 4) is 17.6 Å². The Balaban J connectivity index is 1.56. The smallest absolute Gasteiger partial charge is 0.344 e. The minimum atomic E-state index is -0.982. The molecule has 1 unspecified atom stereocenters. The van der Waals surface area contributed by atoms with Crippen molar-refractivity contribution in [3.63, 3.8) is 0 Å². The van der Waals surface area contributed by atoms with Crippen molar-refractivity contribution in [1.82, 2.24) is 0 Å². The van der Waals surface area contributed by atoms with E-state index in [1.807, 2.05) is 36.4 Å². The number of aliphatic hydroxyl groups is 1. The zero-order valence-corrected chi connectivity index (χ0v) is 23.8. The van der Waals surface area contributed by atoms with Crippen molar-refractivity contribution in [2.45, 2.75) is 96.2 Å². The second-order valence-corrected chi connectivity index (χ2v) is 10.1. The highest BCUT2D eigenvalue weighted by atomic mass is 16.7. The van der Waals surface area contributed by atoms with Crippen LogP contribution < -0.4 is 4.74 Å². The van der Waals surface area contributed by atoms with Crippen molar-refractivity contribution in [2.75, 3.05) is 13.2 Å². The largest absolute Gasteiger partial charge is 0.482 e. The van der Waals surface area contributed by atoms with Crippen molar-refractivity contribution in [1.29, 1.82) is 0 Å². The molecule has 0 amide bonds. The molecule has 6 heteroatoms. The second kappa shape index (κ2) is 18.3. The first kappa shape index (κ1) is 31.4. The van der Waals surface area contributed by atoms with Gasteiger partial charge in [-0.05, 0) is 55.7 Å². The summed E-state index contributed by atoms with van der Waals surface area (Å²) in [6.07, 6.45) is 10.3. The molecule has 1 fully saturated rings. The Kier molecular flexibility index (Phi) is 14.4. The van der Waals surface area contributed by atoms with E-state index in [-0.39, 0.29) is 25.6 Å². The van der Waals surface area contributed by atoms with E-state index in [0.29, 0.717) is 24.2 Å². The predicted molar refractivity (Wildman–Crippen MR) is 157 cm³/mol. The Labute approximate surface area is 239 Å². The third-order valence-electron chi connectivity index (χ3n) is 6.84. The lowest BCUT2D eigenvalue weighted by Crippen LogP contribution is -2.28. The summed E-state index contributed by atoms with van der Waals surface area (Å²) in [5, 5.41) is 10.9. The molecule has 0 bridgehead atoms. The van der Waals surface area contributed by atoms with Crippen LogP contribution >= 0.6 is 0 Å². The average molecular weight is 549 g/mol. The van der Waals surface area contributed by atoms with Gasteiger partial charge in [0.2, 0.25) is 0 Å². The van der Waals surface area contributed by atoms with Crippen LogP contribution in [0.4, 0.5) is 0 Å². The van der Waals surface area contributed by atoms with Crippen LogP contribution in [0.5, 0.6) is 5.75 Å². The van der Waals surface area contributed by atoms with Crippen LogP contribution in [-0.2, 0) is 32.0 Å². The van der Waals surface area contributed by atoms with Gasteiger partial charge in [-0.2, -0.15) is 0 Å². The summed E-state index contributed by atoms with van der Waals surface area (Å²) in [6.45, 7) is 6.77. The number of rotatable bonds is 16. The Morgan fingerprint density at radius 2 is 2.00 bits per heavy atom. The van der Waals surface area contributed by atoms with Gasteiger partial charge in [0, 0.05) is 18.6 Å². The first-order valence-corrected chi connectivity index (χ1v) is 14.6. The highest BCUT2D eigenvalue weighted by Gasteiger charge is 2.20. The lowest BCUT2D eigenvalue weighted by Gasteiger charge is -2.27. The van der Waals surface area contributed by atoms with Crippen LogP contribution in [0.3, 0.4) is 0 Å². The van der Waals surface area contributed by atoms with Gasteiger partial charge in [0.1, 0.15) is 18.5 Å². The zero-order valence-electron chi connectivity index (χ0n) is 23.8. The maximum atomic E-state index is 12.3. The monoisotopic (exact) mass is 548 g/mol. The number of aliphatic hydroxyl groups excluding tert-OH is 1. The standard InChI is InChI=1S/C34H44O6/c1-3-5-7-18-28(40-34-23-12-13-24-37-34)19-10-11-21-31(35)29-20-14-22-32(30(29)15-4-2)38-26-33(36)39-25-27-16-8-6-9-17-27/h4,6,8-9,14,16-17,20,22,28,31,34-35H,2-3,5,7,10,12-13,15,18-19,23-26H2,1H3/t28-,31-,34?/m0/s1. The minimum Gasteiger partial charge on any atom is -0.482 e. The Morgan fingerprint density at radius 1 is 1.15 bits per heavy atom. The molecule has 0 aliphatic carbocycles. The number of hydrogen-bond acceptors (Lipinski definition) is 6. The van der Waals surface area contributed by atoms with Gasteiger partial charge in [-0.3, -0.25) is 0 Å². The number of carbonyl (C=O) groups excluding carboxylic acids is 1. The van der Waals surface area contributed by atoms with E-state index in [1.165, 1.54) is 12.8 Å². The second-order valence-electron chi connectivity index (χ2n) is 10.1. The van der Waals surface area contributed by atoms with E-state index in [4.69, 9.17) is 18.9 Å². The van der Waals surface area contributed by atoms with Crippen LogP contribution in [0.25, 0.3) is 0 Å². The van der Waals surface area contributed by atoms with Crippen LogP contribution in [0.15, 0.2) is 61.2 Å². The molecule has 3 rings (SSSR count). The Morgan fingerprint density at radius 3 is 2.75 bits per heavy atom. The van der Waals surface area contributed by atoms with E-state index in [2.05, 4.69) is 25.3 Å². The average Bonchev–Trinajstić information content (AvgIpc) is 2.98. The molecule has 1 aliphatic rings. The molecule has 0 radical (unpaired) electrons. The molecule has 1 aliphatic heterocycles. The normalized spacial score (nSPS) is 16.3. The third-order valence-corrected chi connectivity index (χ3v) is 6.84. The maximum Gasteiger partial charge on any atom is 0.344 e. The molecule has 1 N–H and O–H groups in total. The molecule has 3 atom stereocenters. The lowest BCUT2D eigenvalue weighted by molar-refractivity contribution is -0.190. The fourth-order valence-corrected chi connectivity index (χ4v) is 4.67. The first-order chi connectivity index (χ1) is 19.6. The van der Waals surface area contributed by atoms with Gasteiger partial charge in [-0.1, -0.05) is 80.6 Å². The van der Waals surface area contributed by atoms with Gasteiger partial charge in [0.25, 0.3) is 0 Å². The van der Waals surface area contributed by atoms with E-state index in [1.54, 1.807) is 18.2 Å². The fraction of sp³-hybridized carbons (Fsp3) is 0.500. The van der Waals surface area contributed by atoms with Crippen molar-refractivity contribution in [2.24, 2.45) is 0 Å². The third kappa shape index (κ3) is 11.2. The van der Waals surface area contributed by atoms with E-state index in [9.17, 15) is 9.90 Å². The van der Waals surface area contributed by atoms with Crippen molar-refractivity contribution >= 4 is 5.97 Å². The van der Waals surface area contributed by atoms with E-state index < -0.39 is 12.1 Å². The SMILES string of the molecule is C=CCc1c(OCC(=O)OCc2ccccc2)cccc1[C@@H](O)C#CCC[C@H](CCCCC)OC1CCCCO1.